The molecule has 0 fully saturated rings. The summed E-state index contributed by atoms with van der Waals surface area (Å²) in [6, 6.07) is 0. The van der Waals surface area contributed by atoms with Crippen molar-refractivity contribution >= 4 is 17.9 Å². The molecule has 0 rings (SSSR count). The molecule has 0 aliphatic rings. The second-order valence-corrected chi connectivity index (χ2v) is 18.9. The zero-order chi connectivity index (χ0) is 43.3. The fraction of sp³-hybridized carbons (Fsp3) is 0.943. The molecule has 350 valence electrons. The molecule has 0 saturated heterocycles. The van der Waals surface area contributed by atoms with Gasteiger partial charge in [-0.1, -0.05) is 253 Å². The van der Waals surface area contributed by atoms with Gasteiger partial charge < -0.3 is 14.2 Å². The summed E-state index contributed by atoms with van der Waals surface area (Å²) in [5, 5.41) is 0. The first-order chi connectivity index (χ1) is 28.8. The van der Waals surface area contributed by atoms with Gasteiger partial charge in [-0.05, 0) is 31.1 Å². The maximum atomic E-state index is 12.8. The van der Waals surface area contributed by atoms with Crippen LogP contribution in [0.25, 0.3) is 0 Å². The van der Waals surface area contributed by atoms with Crippen LogP contribution in [0.3, 0.4) is 0 Å². The highest BCUT2D eigenvalue weighted by atomic mass is 16.6. The van der Waals surface area contributed by atoms with Crippen LogP contribution in [0.15, 0.2) is 0 Å². The van der Waals surface area contributed by atoms with Gasteiger partial charge in [-0.25, -0.2) is 0 Å². The third kappa shape index (κ3) is 45.8. The summed E-state index contributed by atoms with van der Waals surface area (Å²) < 4.78 is 16.8. The van der Waals surface area contributed by atoms with Gasteiger partial charge in [0.15, 0.2) is 6.10 Å². The lowest BCUT2D eigenvalue weighted by Gasteiger charge is -2.18. The number of ether oxygens (including phenoxy) is 3. The Labute approximate surface area is 368 Å². The molecular formula is C53H102O6. The van der Waals surface area contributed by atoms with E-state index in [9.17, 15) is 14.4 Å². The van der Waals surface area contributed by atoms with Crippen molar-refractivity contribution in [3.8, 4) is 0 Å². The van der Waals surface area contributed by atoms with Gasteiger partial charge in [0, 0.05) is 19.3 Å². The molecule has 0 amide bonds. The van der Waals surface area contributed by atoms with Crippen LogP contribution in [0, 0.1) is 11.8 Å². The summed E-state index contributed by atoms with van der Waals surface area (Å²) in [6.45, 7) is 11.4. The van der Waals surface area contributed by atoms with Gasteiger partial charge >= 0.3 is 17.9 Å². The number of carbonyl (C=O) groups excluding carboxylic acids is 3. The summed E-state index contributed by atoms with van der Waals surface area (Å²) in [6.07, 6.45) is 46.6. The first kappa shape index (κ1) is 57.4. The minimum atomic E-state index is -0.762. The molecule has 2 atom stereocenters. The van der Waals surface area contributed by atoms with Crippen LogP contribution in [0.2, 0.25) is 0 Å². The molecule has 0 aromatic carbocycles. The molecule has 0 radical (unpaired) electrons. The van der Waals surface area contributed by atoms with E-state index in [-0.39, 0.29) is 31.1 Å². The van der Waals surface area contributed by atoms with Gasteiger partial charge in [0.1, 0.15) is 13.2 Å². The van der Waals surface area contributed by atoms with Crippen LogP contribution >= 0.6 is 0 Å². The van der Waals surface area contributed by atoms with E-state index < -0.39 is 6.10 Å². The molecule has 0 spiro atoms. The zero-order valence-corrected chi connectivity index (χ0v) is 40.4. The second-order valence-electron chi connectivity index (χ2n) is 18.9. The van der Waals surface area contributed by atoms with E-state index in [4.69, 9.17) is 14.2 Å². The highest BCUT2D eigenvalue weighted by Crippen LogP contribution is 2.18. The van der Waals surface area contributed by atoms with E-state index in [0.717, 1.165) is 69.6 Å². The van der Waals surface area contributed by atoms with Gasteiger partial charge in [-0.15, -0.1) is 0 Å². The van der Waals surface area contributed by atoms with Crippen molar-refractivity contribution in [2.75, 3.05) is 13.2 Å². The van der Waals surface area contributed by atoms with Gasteiger partial charge in [0.2, 0.25) is 0 Å². The monoisotopic (exact) mass is 835 g/mol. The Bertz CT molecular complexity index is 902. The molecule has 6 nitrogen and oxygen atoms in total. The Hall–Kier alpha value is -1.59. The number of esters is 3. The SMILES string of the molecule is CCCCCCCCCCCCCCCCCCCC(=O)OC[C@@H](COC(=O)CCCCCCCCCCCC(C)C)OC(=O)CCCCCCCCCCC(C)CC. The lowest BCUT2D eigenvalue weighted by Crippen LogP contribution is -2.30. The minimum absolute atomic E-state index is 0.0642. The molecule has 0 aliphatic carbocycles. The van der Waals surface area contributed by atoms with E-state index >= 15 is 0 Å². The van der Waals surface area contributed by atoms with E-state index in [1.807, 2.05) is 0 Å². The Morgan fingerprint density at radius 1 is 0.356 bits per heavy atom. The maximum Gasteiger partial charge on any atom is 0.306 e. The molecule has 0 aromatic rings. The Balaban J connectivity index is 4.29. The molecule has 0 heterocycles. The fourth-order valence-electron chi connectivity index (χ4n) is 7.96. The molecule has 0 aliphatic heterocycles. The average Bonchev–Trinajstić information content (AvgIpc) is 3.22. The molecule has 6 heteroatoms. The average molecular weight is 835 g/mol. The topological polar surface area (TPSA) is 78.9 Å². The van der Waals surface area contributed by atoms with Crippen LogP contribution in [0.4, 0.5) is 0 Å². The summed E-state index contributed by atoms with van der Waals surface area (Å²) in [5.41, 5.74) is 0. The molecular weight excluding hydrogens is 733 g/mol. The van der Waals surface area contributed by atoms with E-state index in [1.54, 1.807) is 0 Å². The van der Waals surface area contributed by atoms with Crippen LogP contribution in [-0.2, 0) is 28.6 Å². The van der Waals surface area contributed by atoms with Gasteiger partial charge in [-0.3, -0.25) is 14.4 Å². The number of hydrogen-bond donors (Lipinski definition) is 0. The number of carbonyl (C=O) groups is 3. The van der Waals surface area contributed by atoms with Crippen molar-refractivity contribution in [2.45, 2.75) is 298 Å². The lowest BCUT2D eigenvalue weighted by atomic mass is 9.99. The largest absolute Gasteiger partial charge is 0.462 e. The van der Waals surface area contributed by atoms with Crippen LogP contribution in [0.5, 0.6) is 0 Å². The summed E-state index contributed by atoms with van der Waals surface area (Å²) >= 11 is 0. The van der Waals surface area contributed by atoms with Crippen LogP contribution < -0.4 is 0 Å². The first-order valence-corrected chi connectivity index (χ1v) is 26.3. The van der Waals surface area contributed by atoms with Crippen molar-refractivity contribution in [3.05, 3.63) is 0 Å². The van der Waals surface area contributed by atoms with Crippen molar-refractivity contribution in [1.29, 1.82) is 0 Å². The minimum Gasteiger partial charge on any atom is -0.462 e. The van der Waals surface area contributed by atoms with Crippen molar-refractivity contribution in [2.24, 2.45) is 11.8 Å². The molecule has 0 bridgehead atoms. The number of unbranched alkanes of at least 4 members (excludes halogenated alkanes) is 31. The smallest absolute Gasteiger partial charge is 0.306 e. The first-order valence-electron chi connectivity index (χ1n) is 26.3. The maximum absolute atomic E-state index is 12.8. The third-order valence-corrected chi connectivity index (χ3v) is 12.3. The standard InChI is InChI=1S/C53H102O6/c1-6-8-9-10-11-12-13-14-15-16-17-18-19-22-28-33-38-43-51(54)57-46-50(59-53(56)45-40-35-30-25-24-27-32-37-42-49(5)7-2)47-58-52(55)44-39-34-29-23-20-21-26-31-36-41-48(3)4/h48-50H,6-47H2,1-5H3/t49?,50-/m0/s1. The second kappa shape index (κ2) is 45.9. The number of hydrogen-bond acceptors (Lipinski definition) is 6. The van der Waals surface area contributed by atoms with E-state index in [1.165, 1.54) is 180 Å². The van der Waals surface area contributed by atoms with Gasteiger partial charge in [0.05, 0.1) is 0 Å². The molecule has 0 saturated carbocycles. The van der Waals surface area contributed by atoms with E-state index in [2.05, 4.69) is 34.6 Å². The molecule has 0 N–H and O–H groups in total. The predicted octanol–water partition coefficient (Wildman–Crippen LogP) is 16.9. The fourth-order valence-corrected chi connectivity index (χ4v) is 7.96. The molecule has 0 aromatic heterocycles. The zero-order valence-electron chi connectivity index (χ0n) is 40.4. The van der Waals surface area contributed by atoms with Crippen LogP contribution in [0.1, 0.15) is 291 Å². The summed E-state index contributed by atoms with van der Waals surface area (Å²) in [4.78, 5) is 37.9. The summed E-state index contributed by atoms with van der Waals surface area (Å²) in [7, 11) is 0. The Morgan fingerprint density at radius 3 is 0.966 bits per heavy atom. The lowest BCUT2D eigenvalue weighted by molar-refractivity contribution is -0.167. The molecule has 59 heavy (non-hydrogen) atoms. The normalized spacial score (nSPS) is 12.5. The number of rotatable bonds is 47. The van der Waals surface area contributed by atoms with E-state index in [0.29, 0.717) is 19.3 Å². The van der Waals surface area contributed by atoms with Gasteiger partial charge in [0.25, 0.3) is 0 Å². The Morgan fingerprint density at radius 2 is 0.644 bits per heavy atom. The van der Waals surface area contributed by atoms with Crippen molar-refractivity contribution in [3.63, 3.8) is 0 Å². The third-order valence-electron chi connectivity index (χ3n) is 12.3. The van der Waals surface area contributed by atoms with Crippen molar-refractivity contribution in [1.82, 2.24) is 0 Å². The highest BCUT2D eigenvalue weighted by molar-refractivity contribution is 5.71. The van der Waals surface area contributed by atoms with Crippen LogP contribution in [-0.4, -0.2) is 37.2 Å². The van der Waals surface area contributed by atoms with Crippen molar-refractivity contribution < 1.29 is 28.6 Å². The Kier molecular flexibility index (Phi) is 44.7. The highest BCUT2D eigenvalue weighted by Gasteiger charge is 2.19. The van der Waals surface area contributed by atoms with Gasteiger partial charge in [-0.2, -0.15) is 0 Å². The summed E-state index contributed by atoms with van der Waals surface area (Å²) in [5.74, 6) is 0.803. The molecule has 1 unspecified atom stereocenters. The predicted molar refractivity (Wildman–Crippen MR) is 252 cm³/mol. The quantitative estimate of drug-likeness (QED) is 0.0345.